The summed E-state index contributed by atoms with van der Waals surface area (Å²) in [4.78, 5) is 30.1. The summed E-state index contributed by atoms with van der Waals surface area (Å²) < 4.78 is 24.7. The SMILES string of the molecule is CN=C(Nc1ccc2c(c1)OCO2)S[C@@H]1CC(=O)N(c2ccccc2F)C1=O. The molecule has 2 aromatic carbocycles. The number of fused-ring (bicyclic) bond motifs is 1. The fourth-order valence-corrected chi connectivity index (χ4v) is 3.94. The lowest BCUT2D eigenvalue weighted by atomic mass is 10.3. The molecule has 2 heterocycles. The molecule has 2 aromatic rings. The van der Waals surface area contributed by atoms with Crippen molar-refractivity contribution < 1.29 is 23.5 Å². The summed E-state index contributed by atoms with van der Waals surface area (Å²) in [6, 6.07) is 11.1. The van der Waals surface area contributed by atoms with E-state index in [0.29, 0.717) is 22.4 Å². The number of hydrogen-bond acceptors (Lipinski definition) is 6. The monoisotopic (exact) mass is 401 g/mol. The topological polar surface area (TPSA) is 80.2 Å². The number of nitrogens with zero attached hydrogens (tertiary/aromatic N) is 2. The third-order valence-corrected chi connectivity index (χ3v) is 5.44. The second-order valence-electron chi connectivity index (χ2n) is 6.05. The number of nitrogens with one attached hydrogen (secondary N) is 1. The quantitative estimate of drug-likeness (QED) is 0.484. The molecule has 0 bridgehead atoms. The van der Waals surface area contributed by atoms with Gasteiger partial charge in [0.1, 0.15) is 11.1 Å². The Balaban J connectivity index is 1.48. The Kier molecular flexibility index (Phi) is 4.91. The predicted octanol–water partition coefficient (Wildman–Crippen LogP) is 3.02. The number of thioether (sulfide) groups is 1. The fourth-order valence-electron chi connectivity index (χ4n) is 2.95. The van der Waals surface area contributed by atoms with Gasteiger partial charge in [0.25, 0.3) is 0 Å². The number of ether oxygens (including phenoxy) is 2. The van der Waals surface area contributed by atoms with Crippen LogP contribution in [0.1, 0.15) is 6.42 Å². The van der Waals surface area contributed by atoms with Crippen LogP contribution in [0.25, 0.3) is 0 Å². The minimum atomic E-state index is -0.688. The van der Waals surface area contributed by atoms with Crippen molar-refractivity contribution in [1.29, 1.82) is 0 Å². The Morgan fingerprint density at radius 1 is 1.21 bits per heavy atom. The number of halogens is 1. The molecule has 28 heavy (non-hydrogen) atoms. The van der Waals surface area contributed by atoms with Crippen LogP contribution in [0, 0.1) is 5.82 Å². The van der Waals surface area contributed by atoms with E-state index in [0.717, 1.165) is 16.7 Å². The first kappa shape index (κ1) is 18.3. The Morgan fingerprint density at radius 3 is 2.79 bits per heavy atom. The second-order valence-corrected chi connectivity index (χ2v) is 7.24. The van der Waals surface area contributed by atoms with Crippen LogP contribution in [0.4, 0.5) is 15.8 Å². The molecule has 0 radical (unpaired) electrons. The predicted molar refractivity (Wildman–Crippen MR) is 104 cm³/mol. The molecule has 2 aliphatic rings. The summed E-state index contributed by atoms with van der Waals surface area (Å²) in [5.41, 5.74) is 0.680. The summed E-state index contributed by atoms with van der Waals surface area (Å²) >= 11 is 1.13. The summed E-state index contributed by atoms with van der Waals surface area (Å²) in [5, 5.41) is 2.88. The van der Waals surface area contributed by atoms with Gasteiger partial charge in [-0.3, -0.25) is 14.6 Å². The molecule has 7 nitrogen and oxygen atoms in total. The maximum atomic E-state index is 14.0. The minimum absolute atomic E-state index is 0.0281. The third kappa shape index (κ3) is 3.40. The number of hydrogen-bond donors (Lipinski definition) is 1. The van der Waals surface area contributed by atoms with Crippen LogP contribution >= 0.6 is 11.8 Å². The lowest BCUT2D eigenvalue weighted by Crippen LogP contribution is -2.32. The number of carbonyl (C=O) groups excluding carboxylic acids is 2. The highest BCUT2D eigenvalue weighted by Crippen LogP contribution is 2.35. The van der Waals surface area contributed by atoms with E-state index in [9.17, 15) is 14.0 Å². The van der Waals surface area contributed by atoms with Crippen LogP contribution in [0.3, 0.4) is 0 Å². The molecular weight excluding hydrogens is 385 g/mol. The molecule has 4 rings (SSSR count). The maximum absolute atomic E-state index is 14.0. The molecule has 144 valence electrons. The van der Waals surface area contributed by atoms with Crippen LogP contribution in [0.15, 0.2) is 47.5 Å². The number of para-hydroxylation sites is 1. The first-order valence-corrected chi connectivity index (χ1v) is 9.36. The van der Waals surface area contributed by atoms with Crippen LogP contribution in [-0.4, -0.2) is 36.1 Å². The van der Waals surface area contributed by atoms with E-state index in [4.69, 9.17) is 9.47 Å². The average Bonchev–Trinajstić information content (AvgIpc) is 3.26. The van der Waals surface area contributed by atoms with Crippen LogP contribution in [0.5, 0.6) is 11.5 Å². The molecule has 1 saturated heterocycles. The number of aliphatic imine (C=N–C) groups is 1. The smallest absolute Gasteiger partial charge is 0.247 e. The zero-order valence-corrected chi connectivity index (χ0v) is 15.7. The van der Waals surface area contributed by atoms with Gasteiger partial charge in [0.05, 0.1) is 5.69 Å². The number of carbonyl (C=O) groups is 2. The van der Waals surface area contributed by atoms with E-state index < -0.39 is 22.9 Å². The summed E-state index contributed by atoms with van der Waals surface area (Å²) in [7, 11) is 1.58. The molecule has 9 heteroatoms. The average molecular weight is 401 g/mol. The Morgan fingerprint density at radius 2 is 2.00 bits per heavy atom. The Labute approximate surface area is 164 Å². The van der Waals surface area contributed by atoms with Crippen molar-refractivity contribution in [1.82, 2.24) is 0 Å². The first-order chi connectivity index (χ1) is 13.6. The minimum Gasteiger partial charge on any atom is -0.454 e. The Hall–Kier alpha value is -3.07. The summed E-state index contributed by atoms with van der Waals surface area (Å²) in [6.07, 6.45) is -0.0281. The van der Waals surface area contributed by atoms with Crippen molar-refractivity contribution in [2.45, 2.75) is 11.7 Å². The zero-order chi connectivity index (χ0) is 19.7. The van der Waals surface area contributed by atoms with Crippen LogP contribution in [-0.2, 0) is 9.59 Å². The van der Waals surface area contributed by atoms with Gasteiger partial charge in [-0.15, -0.1) is 0 Å². The number of rotatable bonds is 3. The van der Waals surface area contributed by atoms with Gasteiger partial charge in [0.15, 0.2) is 16.7 Å². The molecule has 0 spiro atoms. The molecule has 0 unspecified atom stereocenters. The number of benzene rings is 2. The lowest BCUT2D eigenvalue weighted by Gasteiger charge is -2.16. The van der Waals surface area contributed by atoms with Gasteiger partial charge >= 0.3 is 0 Å². The summed E-state index contributed by atoms with van der Waals surface area (Å²) in [5.74, 6) is -0.244. The van der Waals surface area contributed by atoms with E-state index in [1.54, 1.807) is 31.3 Å². The fraction of sp³-hybridized carbons (Fsp3) is 0.211. The van der Waals surface area contributed by atoms with Crippen LogP contribution in [0.2, 0.25) is 0 Å². The van der Waals surface area contributed by atoms with Gasteiger partial charge in [-0.2, -0.15) is 0 Å². The van der Waals surface area contributed by atoms with Crippen molar-refractivity contribution in [3.05, 3.63) is 48.3 Å². The number of amides is 2. The standard InChI is InChI=1S/C19H16FN3O4S/c1-21-19(22-11-6-7-14-15(8-11)27-10-26-14)28-16-9-17(24)23(18(16)25)13-5-3-2-4-12(13)20/h2-8,16H,9-10H2,1H3,(H,21,22)/t16-/m1/s1. The van der Waals surface area contributed by atoms with Gasteiger partial charge in [0.2, 0.25) is 18.6 Å². The molecular formula is C19H16FN3O4S. The van der Waals surface area contributed by atoms with E-state index in [1.165, 1.54) is 18.2 Å². The van der Waals surface area contributed by atoms with Crippen molar-refractivity contribution in [3.63, 3.8) is 0 Å². The highest BCUT2D eigenvalue weighted by Gasteiger charge is 2.41. The van der Waals surface area contributed by atoms with Gasteiger partial charge in [0, 0.05) is 25.2 Å². The Bertz CT molecular complexity index is 981. The van der Waals surface area contributed by atoms with Gasteiger partial charge < -0.3 is 14.8 Å². The highest BCUT2D eigenvalue weighted by molar-refractivity contribution is 8.15. The normalized spacial score (nSPS) is 18.7. The first-order valence-electron chi connectivity index (χ1n) is 8.48. The third-order valence-electron chi connectivity index (χ3n) is 4.28. The van der Waals surface area contributed by atoms with Gasteiger partial charge in [-0.1, -0.05) is 23.9 Å². The highest BCUT2D eigenvalue weighted by atomic mass is 32.2. The van der Waals surface area contributed by atoms with Gasteiger partial charge in [-0.05, 0) is 24.3 Å². The van der Waals surface area contributed by atoms with E-state index in [1.807, 2.05) is 0 Å². The van der Waals surface area contributed by atoms with Crippen molar-refractivity contribution in [2.75, 3.05) is 24.1 Å². The largest absolute Gasteiger partial charge is 0.454 e. The zero-order valence-electron chi connectivity index (χ0n) is 14.8. The van der Waals surface area contributed by atoms with Crippen molar-refractivity contribution in [3.8, 4) is 11.5 Å². The van der Waals surface area contributed by atoms with Crippen molar-refractivity contribution >= 4 is 40.1 Å². The van der Waals surface area contributed by atoms with Crippen LogP contribution < -0.4 is 19.7 Å². The molecule has 1 N–H and O–H groups in total. The molecule has 0 saturated carbocycles. The number of amidine groups is 1. The second kappa shape index (κ2) is 7.51. The number of anilines is 2. The summed E-state index contributed by atoms with van der Waals surface area (Å²) in [6.45, 7) is 0.173. The number of imide groups is 1. The van der Waals surface area contributed by atoms with E-state index in [-0.39, 0.29) is 18.9 Å². The molecule has 0 aromatic heterocycles. The molecule has 0 aliphatic carbocycles. The molecule has 2 aliphatic heterocycles. The van der Waals surface area contributed by atoms with Gasteiger partial charge in [-0.25, -0.2) is 9.29 Å². The van der Waals surface area contributed by atoms with E-state index in [2.05, 4.69) is 10.3 Å². The van der Waals surface area contributed by atoms with E-state index >= 15 is 0 Å². The van der Waals surface area contributed by atoms with Crippen molar-refractivity contribution in [2.24, 2.45) is 4.99 Å². The molecule has 1 atom stereocenters. The molecule has 2 amide bonds. The molecule has 1 fully saturated rings. The lowest BCUT2D eigenvalue weighted by molar-refractivity contribution is -0.121. The maximum Gasteiger partial charge on any atom is 0.247 e.